The molecule has 0 aliphatic carbocycles. The Labute approximate surface area is 253 Å². The summed E-state index contributed by atoms with van der Waals surface area (Å²) in [5.41, 5.74) is 0.320. The van der Waals surface area contributed by atoms with Crippen LogP contribution in [0.5, 0.6) is 11.5 Å². The van der Waals surface area contributed by atoms with Crippen LogP contribution in [0.2, 0.25) is 0 Å². The molecule has 0 aliphatic rings. The third-order valence-electron chi connectivity index (χ3n) is 7.12. The van der Waals surface area contributed by atoms with Gasteiger partial charge in [-0.25, -0.2) is 4.79 Å². The van der Waals surface area contributed by atoms with E-state index in [9.17, 15) is 24.6 Å². The number of alkyl carbamates (subject to hydrolysis) is 1. The normalized spacial score (nSPS) is 13.0. The van der Waals surface area contributed by atoms with Gasteiger partial charge in [0.1, 0.15) is 29.2 Å². The van der Waals surface area contributed by atoms with Gasteiger partial charge in [0.05, 0.1) is 0 Å². The van der Waals surface area contributed by atoms with Crippen molar-refractivity contribution in [1.29, 1.82) is 0 Å². The predicted octanol–water partition coefficient (Wildman–Crippen LogP) is 5.61. The molecule has 0 aromatic heterocycles. The minimum absolute atomic E-state index is 0.0485. The molecule has 2 atom stereocenters. The Bertz CT molecular complexity index is 1380. The molecule has 3 aromatic carbocycles. The van der Waals surface area contributed by atoms with Crippen molar-refractivity contribution in [3.8, 4) is 11.5 Å². The largest absolute Gasteiger partial charge is 0.508 e. The maximum absolute atomic E-state index is 14.7. The fourth-order valence-corrected chi connectivity index (χ4v) is 4.63. The van der Waals surface area contributed by atoms with E-state index in [2.05, 4.69) is 10.6 Å². The summed E-state index contributed by atoms with van der Waals surface area (Å²) < 4.78 is 5.49. The van der Waals surface area contributed by atoms with Gasteiger partial charge in [-0.1, -0.05) is 61.5 Å². The summed E-state index contributed by atoms with van der Waals surface area (Å²) in [4.78, 5) is 43.2. The van der Waals surface area contributed by atoms with Gasteiger partial charge < -0.3 is 30.5 Å². The second-order valence-electron chi connectivity index (χ2n) is 12.1. The van der Waals surface area contributed by atoms with Crippen LogP contribution in [0.4, 0.5) is 4.79 Å². The first-order valence-electron chi connectivity index (χ1n) is 14.4. The van der Waals surface area contributed by atoms with Gasteiger partial charge in [-0.05, 0) is 82.0 Å². The van der Waals surface area contributed by atoms with Gasteiger partial charge in [-0.15, -0.1) is 0 Å². The van der Waals surface area contributed by atoms with Crippen molar-refractivity contribution in [2.45, 2.75) is 84.2 Å². The number of phenols is 2. The molecule has 3 rings (SSSR count). The molecule has 43 heavy (non-hydrogen) atoms. The van der Waals surface area contributed by atoms with Gasteiger partial charge in [-0.3, -0.25) is 9.59 Å². The van der Waals surface area contributed by atoms with Gasteiger partial charge in [-0.2, -0.15) is 0 Å². The smallest absolute Gasteiger partial charge is 0.408 e. The zero-order chi connectivity index (χ0) is 31.8. The Morgan fingerprint density at radius 3 is 2.07 bits per heavy atom. The molecule has 0 saturated carbocycles. The first-order chi connectivity index (χ1) is 20.2. The van der Waals surface area contributed by atoms with Crippen LogP contribution < -0.4 is 10.6 Å². The highest BCUT2D eigenvalue weighted by Crippen LogP contribution is 2.34. The number of hydrogen-bond acceptors (Lipinski definition) is 6. The highest BCUT2D eigenvalue weighted by atomic mass is 16.6. The molecular weight excluding hydrogens is 546 g/mol. The molecule has 4 N–H and O–H groups in total. The zero-order valence-corrected chi connectivity index (χ0v) is 25.8. The van der Waals surface area contributed by atoms with Crippen LogP contribution in [0.3, 0.4) is 0 Å². The van der Waals surface area contributed by atoms with Gasteiger partial charge in [0, 0.05) is 18.5 Å². The van der Waals surface area contributed by atoms with E-state index in [4.69, 9.17) is 4.74 Å². The Morgan fingerprint density at radius 1 is 0.837 bits per heavy atom. The molecule has 0 heterocycles. The van der Waals surface area contributed by atoms with Crippen molar-refractivity contribution in [1.82, 2.24) is 15.5 Å². The van der Waals surface area contributed by atoms with Gasteiger partial charge in [0.25, 0.3) is 0 Å². The van der Waals surface area contributed by atoms with Crippen LogP contribution in [-0.4, -0.2) is 50.2 Å². The van der Waals surface area contributed by atoms with E-state index >= 15 is 0 Å². The molecule has 0 fully saturated rings. The summed E-state index contributed by atoms with van der Waals surface area (Å²) >= 11 is 0. The number of ether oxygens (including phenoxy) is 1. The van der Waals surface area contributed by atoms with Crippen molar-refractivity contribution in [2.24, 2.45) is 0 Å². The average Bonchev–Trinajstić information content (AvgIpc) is 2.94. The summed E-state index contributed by atoms with van der Waals surface area (Å²) in [7, 11) is 0. The number of benzene rings is 3. The molecule has 0 radical (unpaired) electrons. The van der Waals surface area contributed by atoms with Crippen LogP contribution in [0.25, 0.3) is 0 Å². The van der Waals surface area contributed by atoms with E-state index in [0.717, 1.165) is 5.56 Å². The molecule has 3 aromatic rings. The minimum Gasteiger partial charge on any atom is -0.508 e. The van der Waals surface area contributed by atoms with Gasteiger partial charge in [0.2, 0.25) is 11.8 Å². The summed E-state index contributed by atoms with van der Waals surface area (Å²) in [5.74, 6) is -0.925. The van der Waals surface area contributed by atoms with Crippen molar-refractivity contribution in [3.63, 3.8) is 0 Å². The number of carbonyl (C=O) groups is 3. The molecule has 230 valence electrons. The van der Waals surface area contributed by atoms with Crippen molar-refractivity contribution in [3.05, 3.63) is 95.6 Å². The second-order valence-corrected chi connectivity index (χ2v) is 12.1. The lowest BCUT2D eigenvalue weighted by Gasteiger charge is -2.44. The van der Waals surface area contributed by atoms with Crippen LogP contribution >= 0.6 is 0 Å². The summed E-state index contributed by atoms with van der Waals surface area (Å²) in [5, 5.41) is 25.8. The van der Waals surface area contributed by atoms with E-state index in [1.807, 2.05) is 51.1 Å². The summed E-state index contributed by atoms with van der Waals surface area (Å²) in [6.07, 6.45) is -0.216. The van der Waals surface area contributed by atoms with Gasteiger partial charge in [0.15, 0.2) is 0 Å². The Balaban J connectivity index is 2.09. The lowest BCUT2D eigenvalue weighted by molar-refractivity contribution is -0.149. The van der Waals surface area contributed by atoms with E-state index in [0.29, 0.717) is 17.5 Å². The topological polar surface area (TPSA) is 128 Å². The van der Waals surface area contributed by atoms with Gasteiger partial charge >= 0.3 is 6.09 Å². The maximum Gasteiger partial charge on any atom is 0.408 e. The third kappa shape index (κ3) is 9.49. The molecule has 9 heteroatoms. The maximum atomic E-state index is 14.7. The minimum atomic E-state index is -1.14. The molecule has 0 bridgehead atoms. The van der Waals surface area contributed by atoms with Crippen LogP contribution in [0.1, 0.15) is 70.7 Å². The van der Waals surface area contributed by atoms with E-state index in [-0.39, 0.29) is 24.5 Å². The molecule has 0 aliphatic heterocycles. The predicted molar refractivity (Wildman–Crippen MR) is 165 cm³/mol. The number of nitrogens with one attached hydrogen (secondary N) is 2. The van der Waals surface area contributed by atoms with E-state index in [1.165, 1.54) is 29.2 Å². The molecule has 0 spiro atoms. The molecule has 9 nitrogen and oxygen atoms in total. The van der Waals surface area contributed by atoms with Crippen molar-refractivity contribution in [2.75, 3.05) is 0 Å². The Morgan fingerprint density at radius 2 is 1.49 bits per heavy atom. The molecular formula is C34H43N3O6. The van der Waals surface area contributed by atoms with Crippen molar-refractivity contribution >= 4 is 17.9 Å². The SMILES string of the molecule is CCC(C)(C)N(C(=O)C(Cc1ccc(O)cc1)NC(=O)OC(C)(C)C)C(C(=O)NCc1ccccc1)c1cccc(O)c1. The summed E-state index contributed by atoms with van der Waals surface area (Å²) in [6.45, 7) is 11.0. The van der Waals surface area contributed by atoms with Crippen molar-refractivity contribution < 1.29 is 29.3 Å². The highest BCUT2D eigenvalue weighted by Gasteiger charge is 2.43. The van der Waals surface area contributed by atoms with Crippen LogP contribution in [0, 0.1) is 0 Å². The number of aromatic hydroxyl groups is 2. The van der Waals surface area contributed by atoms with Crippen LogP contribution in [0.15, 0.2) is 78.9 Å². The standard InChI is InChI=1S/C34H43N3O6/c1-7-34(5,6)37(29(25-14-11-15-27(39)21-25)30(40)35-22-24-12-9-8-10-13-24)31(41)28(36-32(42)43-33(2,3)4)20-23-16-18-26(38)19-17-23/h8-19,21,28-29,38-39H,7,20,22H2,1-6H3,(H,35,40)(H,36,42). The lowest BCUT2D eigenvalue weighted by atomic mass is 9.91. The van der Waals surface area contributed by atoms with E-state index in [1.54, 1.807) is 45.0 Å². The van der Waals surface area contributed by atoms with Crippen LogP contribution in [-0.2, 0) is 27.3 Å². The fraction of sp³-hybridized carbons (Fsp3) is 0.382. The number of carbonyl (C=O) groups excluding carboxylic acids is 3. The Kier molecular flexibility index (Phi) is 10.8. The van der Waals surface area contributed by atoms with E-state index < -0.39 is 41.1 Å². The average molecular weight is 590 g/mol. The monoisotopic (exact) mass is 589 g/mol. The third-order valence-corrected chi connectivity index (χ3v) is 7.12. The summed E-state index contributed by atoms with van der Waals surface area (Å²) in [6, 6.07) is 19.8. The number of phenolic OH excluding ortho intramolecular Hbond substituents is 2. The number of hydrogen-bond donors (Lipinski definition) is 4. The molecule has 2 unspecified atom stereocenters. The lowest BCUT2D eigenvalue weighted by Crippen LogP contribution is -2.59. The fourth-order valence-electron chi connectivity index (χ4n) is 4.63. The first kappa shape index (κ1) is 33.0. The Hall–Kier alpha value is -4.53. The number of rotatable bonds is 11. The molecule has 3 amide bonds. The molecule has 0 saturated heterocycles. The number of nitrogens with zero attached hydrogens (tertiary/aromatic N) is 1. The second kappa shape index (κ2) is 14.1. The number of amides is 3. The quantitative estimate of drug-likeness (QED) is 0.230. The first-order valence-corrected chi connectivity index (χ1v) is 14.4. The zero-order valence-electron chi connectivity index (χ0n) is 25.8. The highest BCUT2D eigenvalue weighted by molar-refractivity contribution is 5.93.